The summed E-state index contributed by atoms with van der Waals surface area (Å²) in [6, 6.07) is 19.2. The van der Waals surface area contributed by atoms with Gasteiger partial charge in [0.1, 0.15) is 18.3 Å². The van der Waals surface area contributed by atoms with Crippen LogP contribution in [0.1, 0.15) is 50.2 Å². The number of sulfonamides is 1. The highest BCUT2D eigenvalue weighted by Crippen LogP contribution is 2.27. The van der Waals surface area contributed by atoms with Crippen LogP contribution in [0.4, 0.5) is 5.69 Å². The molecular formula is C32H38ClN3O5S. The number of ether oxygens (including phenoxy) is 1. The molecular weight excluding hydrogens is 574 g/mol. The molecule has 2 amide bonds. The van der Waals surface area contributed by atoms with Crippen LogP contribution in [-0.2, 0) is 26.2 Å². The van der Waals surface area contributed by atoms with E-state index in [1.54, 1.807) is 67.6 Å². The van der Waals surface area contributed by atoms with Gasteiger partial charge in [-0.15, -0.1) is 0 Å². The van der Waals surface area contributed by atoms with Crippen molar-refractivity contribution in [3.8, 4) is 5.75 Å². The van der Waals surface area contributed by atoms with Gasteiger partial charge in [0.25, 0.3) is 10.0 Å². The van der Waals surface area contributed by atoms with E-state index in [0.717, 1.165) is 47.5 Å². The van der Waals surface area contributed by atoms with Crippen molar-refractivity contribution in [3.63, 3.8) is 0 Å². The summed E-state index contributed by atoms with van der Waals surface area (Å²) in [7, 11) is -2.65. The molecule has 0 aliphatic heterocycles. The molecule has 1 atom stereocenters. The van der Waals surface area contributed by atoms with Crippen LogP contribution in [0.5, 0.6) is 5.75 Å². The second-order valence-electron chi connectivity index (χ2n) is 10.7. The predicted octanol–water partition coefficient (Wildman–Crippen LogP) is 5.72. The Morgan fingerprint density at radius 1 is 0.952 bits per heavy atom. The molecule has 1 unspecified atom stereocenters. The lowest BCUT2D eigenvalue weighted by Crippen LogP contribution is -2.53. The smallest absolute Gasteiger partial charge is 0.264 e. The highest BCUT2D eigenvalue weighted by molar-refractivity contribution is 7.92. The van der Waals surface area contributed by atoms with Crippen molar-refractivity contribution >= 4 is 39.1 Å². The molecule has 1 fully saturated rings. The van der Waals surface area contributed by atoms with E-state index in [9.17, 15) is 18.0 Å². The van der Waals surface area contributed by atoms with Crippen LogP contribution < -0.4 is 14.4 Å². The average molecular weight is 612 g/mol. The van der Waals surface area contributed by atoms with Gasteiger partial charge < -0.3 is 15.0 Å². The Bertz CT molecular complexity index is 1460. The summed E-state index contributed by atoms with van der Waals surface area (Å²) in [6.07, 6.45) is 5.08. The number of hydrogen-bond acceptors (Lipinski definition) is 5. The molecule has 42 heavy (non-hydrogen) atoms. The van der Waals surface area contributed by atoms with Crippen LogP contribution in [0.3, 0.4) is 0 Å². The third kappa shape index (κ3) is 7.83. The van der Waals surface area contributed by atoms with Gasteiger partial charge in [-0.2, -0.15) is 0 Å². The zero-order valence-electron chi connectivity index (χ0n) is 24.3. The molecule has 0 spiro atoms. The maximum atomic E-state index is 14.1. The Hall–Kier alpha value is -3.56. The number of aryl methyl sites for hydroxylation is 1. The fourth-order valence-electron chi connectivity index (χ4n) is 5.05. The van der Waals surface area contributed by atoms with Crippen LogP contribution in [0.25, 0.3) is 0 Å². The number of hydrogen-bond donors (Lipinski definition) is 1. The molecule has 3 aromatic rings. The van der Waals surface area contributed by atoms with Crippen molar-refractivity contribution in [1.29, 1.82) is 0 Å². The third-order valence-corrected chi connectivity index (χ3v) is 9.67. The molecule has 224 valence electrons. The van der Waals surface area contributed by atoms with Crippen molar-refractivity contribution < 1.29 is 22.7 Å². The third-order valence-electron chi connectivity index (χ3n) is 7.63. The molecule has 1 aliphatic carbocycles. The standard InChI is InChI=1S/C32H38ClN3O5S/c1-23-9-15-28(16-10-23)36(42(39,40)30-19-17-29(41-3)18-20-30)22-31(37)35(21-25-11-13-26(33)14-12-25)24(2)32(38)34-27-7-5-4-6-8-27/h9-20,24,27H,4-8,21-22H2,1-3H3,(H,34,38). The summed E-state index contributed by atoms with van der Waals surface area (Å²) >= 11 is 6.08. The first-order valence-corrected chi connectivity index (χ1v) is 16.0. The molecule has 10 heteroatoms. The van der Waals surface area contributed by atoms with Crippen molar-refractivity contribution in [3.05, 3.63) is 88.9 Å². The quantitative estimate of drug-likeness (QED) is 0.299. The fourth-order valence-corrected chi connectivity index (χ4v) is 6.59. The van der Waals surface area contributed by atoms with Gasteiger partial charge in [-0.3, -0.25) is 13.9 Å². The van der Waals surface area contributed by atoms with Crippen LogP contribution >= 0.6 is 11.6 Å². The van der Waals surface area contributed by atoms with Gasteiger partial charge >= 0.3 is 0 Å². The number of carbonyl (C=O) groups is 2. The number of nitrogens with one attached hydrogen (secondary N) is 1. The van der Waals surface area contributed by atoms with Crippen molar-refractivity contribution in [2.24, 2.45) is 0 Å². The summed E-state index contributed by atoms with van der Waals surface area (Å²) in [5.74, 6) is -0.253. The number of methoxy groups -OCH3 is 1. The molecule has 0 heterocycles. The Balaban J connectivity index is 1.66. The largest absolute Gasteiger partial charge is 0.497 e. The van der Waals surface area contributed by atoms with Crippen LogP contribution in [-0.4, -0.2) is 50.9 Å². The van der Waals surface area contributed by atoms with E-state index >= 15 is 0 Å². The minimum atomic E-state index is -4.16. The molecule has 8 nitrogen and oxygen atoms in total. The summed E-state index contributed by atoms with van der Waals surface area (Å²) in [5, 5.41) is 3.66. The maximum Gasteiger partial charge on any atom is 0.264 e. The predicted molar refractivity (Wildman–Crippen MR) is 165 cm³/mol. The zero-order valence-corrected chi connectivity index (χ0v) is 25.8. The van der Waals surface area contributed by atoms with E-state index in [-0.39, 0.29) is 23.4 Å². The van der Waals surface area contributed by atoms with Gasteiger partial charge in [0, 0.05) is 17.6 Å². The van der Waals surface area contributed by atoms with Crippen molar-refractivity contribution in [1.82, 2.24) is 10.2 Å². The minimum Gasteiger partial charge on any atom is -0.497 e. The highest BCUT2D eigenvalue weighted by Gasteiger charge is 2.33. The number of anilines is 1. The number of halogens is 1. The Labute approximate surface area is 253 Å². The first-order chi connectivity index (χ1) is 20.1. The SMILES string of the molecule is COc1ccc(S(=O)(=O)N(CC(=O)N(Cc2ccc(Cl)cc2)C(C)C(=O)NC2CCCCC2)c2ccc(C)cc2)cc1. The minimum absolute atomic E-state index is 0.0176. The first-order valence-electron chi connectivity index (χ1n) is 14.2. The molecule has 4 rings (SSSR count). The molecule has 0 saturated heterocycles. The van der Waals surface area contributed by atoms with E-state index < -0.39 is 28.5 Å². The normalized spacial score (nSPS) is 14.6. The number of nitrogens with zero attached hydrogens (tertiary/aromatic N) is 2. The van der Waals surface area contributed by atoms with Crippen molar-refractivity contribution in [2.75, 3.05) is 18.0 Å². The Kier molecular flexibility index (Phi) is 10.5. The van der Waals surface area contributed by atoms with Gasteiger partial charge in [0.05, 0.1) is 17.7 Å². The highest BCUT2D eigenvalue weighted by atomic mass is 35.5. The van der Waals surface area contributed by atoms with Crippen LogP contribution in [0.15, 0.2) is 77.7 Å². The Morgan fingerprint density at radius 2 is 1.57 bits per heavy atom. The second kappa shape index (κ2) is 14.1. The fraction of sp³-hybridized carbons (Fsp3) is 0.375. The van der Waals surface area contributed by atoms with Crippen LogP contribution in [0.2, 0.25) is 5.02 Å². The lowest BCUT2D eigenvalue weighted by Gasteiger charge is -2.33. The number of carbonyl (C=O) groups excluding carboxylic acids is 2. The topological polar surface area (TPSA) is 96.0 Å². The van der Waals surface area contributed by atoms with Gasteiger partial charge in [0.15, 0.2) is 0 Å². The zero-order chi connectivity index (χ0) is 30.3. The lowest BCUT2D eigenvalue weighted by atomic mass is 9.95. The van der Waals surface area contributed by atoms with Crippen molar-refractivity contribution in [2.45, 2.75) is 69.5 Å². The van der Waals surface area contributed by atoms with Gasteiger partial charge in [-0.05, 0) is 80.8 Å². The monoisotopic (exact) mass is 611 g/mol. The van der Waals surface area contributed by atoms with E-state index in [1.807, 2.05) is 6.92 Å². The summed E-state index contributed by atoms with van der Waals surface area (Å²) in [4.78, 5) is 28.9. The molecule has 1 aliphatic rings. The van der Waals surface area contributed by atoms with E-state index in [0.29, 0.717) is 16.5 Å². The number of benzene rings is 3. The van der Waals surface area contributed by atoms with E-state index in [1.165, 1.54) is 24.1 Å². The molecule has 0 aromatic heterocycles. The first kappa shape index (κ1) is 31.4. The number of amides is 2. The van der Waals surface area contributed by atoms with Crippen LogP contribution in [0, 0.1) is 6.92 Å². The Morgan fingerprint density at radius 3 is 2.17 bits per heavy atom. The molecule has 1 saturated carbocycles. The second-order valence-corrected chi connectivity index (χ2v) is 13.0. The maximum absolute atomic E-state index is 14.1. The molecule has 0 radical (unpaired) electrons. The summed E-state index contributed by atoms with van der Waals surface area (Å²) < 4.78 is 34.2. The molecule has 0 bridgehead atoms. The number of rotatable bonds is 11. The van der Waals surface area contributed by atoms with E-state index in [4.69, 9.17) is 16.3 Å². The van der Waals surface area contributed by atoms with Gasteiger partial charge in [-0.1, -0.05) is 60.7 Å². The summed E-state index contributed by atoms with van der Waals surface area (Å²) in [6.45, 7) is 3.20. The summed E-state index contributed by atoms with van der Waals surface area (Å²) in [5.41, 5.74) is 2.06. The van der Waals surface area contributed by atoms with Gasteiger partial charge in [0.2, 0.25) is 11.8 Å². The molecule has 3 aromatic carbocycles. The van der Waals surface area contributed by atoms with E-state index in [2.05, 4.69) is 5.32 Å². The lowest BCUT2D eigenvalue weighted by molar-refractivity contribution is -0.139. The average Bonchev–Trinajstić information content (AvgIpc) is 3.00. The van der Waals surface area contributed by atoms with Gasteiger partial charge in [-0.25, -0.2) is 8.42 Å². The molecule has 1 N–H and O–H groups in total.